The SMILES string of the molecule is CCSCC(Cc1c(Br)c(C)nn1C)NN. The normalized spacial score (nSPS) is 13.1. The van der Waals surface area contributed by atoms with E-state index >= 15 is 0 Å². The molecular formula is C10H19BrN4S. The van der Waals surface area contributed by atoms with E-state index in [2.05, 4.69) is 33.4 Å². The lowest BCUT2D eigenvalue weighted by Gasteiger charge is -2.15. The molecule has 3 N–H and O–H groups in total. The van der Waals surface area contributed by atoms with Gasteiger partial charge in [0.25, 0.3) is 0 Å². The molecule has 6 heteroatoms. The Kier molecular flexibility index (Phi) is 5.82. The summed E-state index contributed by atoms with van der Waals surface area (Å²) in [6.07, 6.45) is 0.890. The molecule has 0 aliphatic carbocycles. The average molecular weight is 307 g/mol. The molecule has 1 aromatic rings. The van der Waals surface area contributed by atoms with Crippen LogP contribution in [0.3, 0.4) is 0 Å². The molecule has 1 rings (SSSR count). The highest BCUT2D eigenvalue weighted by Gasteiger charge is 2.15. The number of nitrogens with zero attached hydrogens (tertiary/aromatic N) is 2. The molecule has 1 atom stereocenters. The fourth-order valence-corrected chi connectivity index (χ4v) is 2.79. The molecule has 0 saturated heterocycles. The van der Waals surface area contributed by atoms with E-state index in [4.69, 9.17) is 5.84 Å². The van der Waals surface area contributed by atoms with Crippen LogP contribution in [0.4, 0.5) is 0 Å². The van der Waals surface area contributed by atoms with Crippen LogP contribution >= 0.6 is 27.7 Å². The number of nitrogens with two attached hydrogens (primary N) is 1. The van der Waals surface area contributed by atoms with Crippen molar-refractivity contribution in [3.05, 3.63) is 15.9 Å². The summed E-state index contributed by atoms with van der Waals surface area (Å²) >= 11 is 5.46. The van der Waals surface area contributed by atoms with Gasteiger partial charge < -0.3 is 0 Å². The van der Waals surface area contributed by atoms with Gasteiger partial charge in [-0.3, -0.25) is 16.0 Å². The molecule has 16 heavy (non-hydrogen) atoms. The number of rotatable bonds is 6. The fourth-order valence-electron chi connectivity index (χ4n) is 1.56. The van der Waals surface area contributed by atoms with Crippen molar-refractivity contribution < 1.29 is 0 Å². The number of thioether (sulfide) groups is 1. The highest BCUT2D eigenvalue weighted by Crippen LogP contribution is 2.22. The molecule has 0 radical (unpaired) electrons. The van der Waals surface area contributed by atoms with E-state index in [9.17, 15) is 0 Å². The molecule has 4 nitrogen and oxygen atoms in total. The van der Waals surface area contributed by atoms with E-state index in [0.29, 0.717) is 0 Å². The zero-order valence-electron chi connectivity index (χ0n) is 9.96. The molecule has 0 saturated carbocycles. The lowest BCUT2D eigenvalue weighted by atomic mass is 10.2. The van der Waals surface area contributed by atoms with Crippen LogP contribution in [-0.2, 0) is 13.5 Å². The number of hydrazine groups is 1. The van der Waals surface area contributed by atoms with Crippen molar-refractivity contribution in [1.82, 2.24) is 15.2 Å². The van der Waals surface area contributed by atoms with Gasteiger partial charge >= 0.3 is 0 Å². The van der Waals surface area contributed by atoms with Gasteiger partial charge in [-0.25, -0.2) is 0 Å². The maximum atomic E-state index is 5.56. The second-order valence-corrected chi connectivity index (χ2v) is 5.81. The molecule has 0 bridgehead atoms. The Morgan fingerprint density at radius 2 is 2.31 bits per heavy atom. The molecule has 0 fully saturated rings. The van der Waals surface area contributed by atoms with E-state index in [1.165, 1.54) is 5.69 Å². The van der Waals surface area contributed by atoms with Crippen molar-refractivity contribution in [2.24, 2.45) is 12.9 Å². The Morgan fingerprint density at radius 3 is 2.75 bits per heavy atom. The highest BCUT2D eigenvalue weighted by molar-refractivity contribution is 9.10. The third kappa shape index (κ3) is 3.48. The van der Waals surface area contributed by atoms with Crippen molar-refractivity contribution in [3.8, 4) is 0 Å². The minimum Gasteiger partial charge on any atom is -0.271 e. The third-order valence-corrected chi connectivity index (χ3v) is 4.54. The van der Waals surface area contributed by atoms with Gasteiger partial charge in [-0.05, 0) is 28.6 Å². The number of aryl methyl sites for hydroxylation is 2. The Labute approximate surface area is 109 Å². The van der Waals surface area contributed by atoms with Gasteiger partial charge in [0.1, 0.15) is 0 Å². The summed E-state index contributed by atoms with van der Waals surface area (Å²) < 4.78 is 3.01. The van der Waals surface area contributed by atoms with Crippen LogP contribution < -0.4 is 11.3 Å². The lowest BCUT2D eigenvalue weighted by molar-refractivity contribution is 0.550. The van der Waals surface area contributed by atoms with Crippen LogP contribution in [0.5, 0.6) is 0 Å². The Bertz CT molecular complexity index is 340. The van der Waals surface area contributed by atoms with E-state index in [0.717, 1.165) is 28.1 Å². The van der Waals surface area contributed by atoms with E-state index in [-0.39, 0.29) is 6.04 Å². The maximum absolute atomic E-state index is 5.56. The van der Waals surface area contributed by atoms with Gasteiger partial charge in [0.15, 0.2) is 0 Å². The summed E-state index contributed by atoms with van der Waals surface area (Å²) in [5.41, 5.74) is 5.08. The summed E-state index contributed by atoms with van der Waals surface area (Å²) in [6.45, 7) is 4.15. The predicted octanol–water partition coefficient (Wildman–Crippen LogP) is 1.62. The maximum Gasteiger partial charge on any atom is 0.0738 e. The second-order valence-electron chi connectivity index (χ2n) is 3.70. The van der Waals surface area contributed by atoms with Crippen molar-refractivity contribution in [3.63, 3.8) is 0 Å². The van der Waals surface area contributed by atoms with Crippen LogP contribution in [0.1, 0.15) is 18.3 Å². The quantitative estimate of drug-likeness (QED) is 0.619. The van der Waals surface area contributed by atoms with Gasteiger partial charge in [0, 0.05) is 25.3 Å². The largest absolute Gasteiger partial charge is 0.271 e. The first-order valence-electron chi connectivity index (χ1n) is 5.32. The first-order chi connectivity index (χ1) is 7.60. The van der Waals surface area contributed by atoms with Crippen LogP contribution in [-0.4, -0.2) is 27.3 Å². The third-order valence-electron chi connectivity index (χ3n) is 2.46. The number of nitrogens with one attached hydrogen (secondary N) is 1. The smallest absolute Gasteiger partial charge is 0.0738 e. The summed E-state index contributed by atoms with van der Waals surface area (Å²) in [7, 11) is 1.97. The van der Waals surface area contributed by atoms with Crippen molar-refractivity contribution in [1.29, 1.82) is 0 Å². The summed E-state index contributed by atoms with van der Waals surface area (Å²) in [5.74, 6) is 7.69. The molecular weight excluding hydrogens is 288 g/mol. The highest BCUT2D eigenvalue weighted by atomic mass is 79.9. The minimum absolute atomic E-state index is 0.288. The second kappa shape index (κ2) is 6.64. The average Bonchev–Trinajstić information content (AvgIpc) is 2.50. The summed E-state index contributed by atoms with van der Waals surface area (Å²) in [5, 5.41) is 4.37. The van der Waals surface area contributed by atoms with E-state index in [1.807, 2.05) is 30.4 Å². The molecule has 0 amide bonds. The van der Waals surface area contributed by atoms with Crippen LogP contribution in [0.25, 0.3) is 0 Å². The first-order valence-corrected chi connectivity index (χ1v) is 7.26. The van der Waals surface area contributed by atoms with Gasteiger partial charge in [-0.1, -0.05) is 6.92 Å². The van der Waals surface area contributed by atoms with E-state index < -0.39 is 0 Å². The number of aromatic nitrogens is 2. The van der Waals surface area contributed by atoms with Gasteiger partial charge in [-0.15, -0.1) is 0 Å². The van der Waals surface area contributed by atoms with Gasteiger partial charge in [-0.2, -0.15) is 16.9 Å². The molecule has 1 heterocycles. The molecule has 0 aliphatic rings. The van der Waals surface area contributed by atoms with Crippen LogP contribution in [0.15, 0.2) is 4.47 Å². The number of hydrogen-bond acceptors (Lipinski definition) is 4. The monoisotopic (exact) mass is 306 g/mol. The molecule has 0 aliphatic heterocycles. The summed E-state index contributed by atoms with van der Waals surface area (Å²) in [4.78, 5) is 0. The predicted molar refractivity (Wildman–Crippen MR) is 73.5 cm³/mol. The molecule has 92 valence electrons. The molecule has 1 aromatic heterocycles. The lowest BCUT2D eigenvalue weighted by Crippen LogP contribution is -2.39. The van der Waals surface area contributed by atoms with Crippen molar-refractivity contribution >= 4 is 27.7 Å². The molecule has 0 aromatic carbocycles. The number of halogens is 1. The van der Waals surface area contributed by atoms with Crippen molar-refractivity contribution in [2.45, 2.75) is 26.3 Å². The summed E-state index contributed by atoms with van der Waals surface area (Å²) in [6, 6.07) is 0.288. The molecule has 1 unspecified atom stereocenters. The van der Waals surface area contributed by atoms with Gasteiger partial charge in [0.2, 0.25) is 0 Å². The Balaban J connectivity index is 2.69. The zero-order valence-corrected chi connectivity index (χ0v) is 12.4. The van der Waals surface area contributed by atoms with Gasteiger partial charge in [0.05, 0.1) is 15.9 Å². The Hall–Kier alpha value is -0.0400. The topological polar surface area (TPSA) is 55.9 Å². The van der Waals surface area contributed by atoms with Crippen LogP contribution in [0.2, 0.25) is 0 Å². The van der Waals surface area contributed by atoms with Crippen molar-refractivity contribution in [2.75, 3.05) is 11.5 Å². The Morgan fingerprint density at radius 1 is 1.62 bits per heavy atom. The van der Waals surface area contributed by atoms with Crippen LogP contribution in [0, 0.1) is 6.92 Å². The molecule has 0 spiro atoms. The van der Waals surface area contributed by atoms with E-state index in [1.54, 1.807) is 0 Å². The minimum atomic E-state index is 0.288. The standard InChI is InChI=1S/C10H19BrN4S/c1-4-16-6-8(13-12)5-9-10(11)7(2)14-15(9)3/h8,13H,4-6,12H2,1-3H3. The first kappa shape index (κ1) is 14.0. The zero-order chi connectivity index (χ0) is 12.1. The fraction of sp³-hybridized carbons (Fsp3) is 0.700. The number of hydrogen-bond donors (Lipinski definition) is 2.